The van der Waals surface area contributed by atoms with Gasteiger partial charge in [0.05, 0.1) is 0 Å². The molecule has 0 saturated heterocycles. The molecule has 1 rings (SSSR count). The molecular formula is C13H20AsNO6S. The second kappa shape index (κ2) is 6.91. The van der Waals surface area contributed by atoms with Crippen LogP contribution in [-0.2, 0) is 19.1 Å². The fraction of sp³-hybridized carbons (Fsp3) is 0.385. The third-order valence-electron chi connectivity index (χ3n) is 2.88. The molecule has 0 fully saturated rings. The van der Waals surface area contributed by atoms with Gasteiger partial charge in [-0.25, -0.2) is 0 Å². The molecule has 0 aromatic heterocycles. The number of benzene rings is 1. The zero-order valence-corrected chi connectivity index (χ0v) is 15.1. The van der Waals surface area contributed by atoms with Crippen LogP contribution >= 0.6 is 10.9 Å². The van der Waals surface area contributed by atoms with Gasteiger partial charge in [0.15, 0.2) is 0 Å². The summed E-state index contributed by atoms with van der Waals surface area (Å²) in [7, 11) is 3.97. The average Bonchev–Trinajstić information content (AvgIpc) is 2.38. The number of ether oxygens (including phenoxy) is 2. The molecule has 0 heterocycles. The van der Waals surface area contributed by atoms with E-state index in [1.807, 2.05) is 0 Å². The normalized spacial score (nSPS) is 13.3. The third kappa shape index (κ3) is 3.95. The molecule has 124 valence electrons. The van der Waals surface area contributed by atoms with E-state index in [1.54, 1.807) is 0 Å². The van der Waals surface area contributed by atoms with Crippen LogP contribution in [0.4, 0.5) is 5.69 Å². The topological polar surface area (TPSA) is 119 Å². The predicted octanol–water partition coefficient (Wildman–Crippen LogP) is -0.221. The van der Waals surface area contributed by atoms with Gasteiger partial charge in [-0.3, -0.25) is 0 Å². The molecule has 0 spiro atoms. The molecular weight excluding hydrogens is 373 g/mol. The molecule has 0 atom stereocenters. The summed E-state index contributed by atoms with van der Waals surface area (Å²) in [6.45, 7) is 3.03. The minimum atomic E-state index is -5.87. The summed E-state index contributed by atoms with van der Waals surface area (Å²) >= 11 is -5.87. The molecule has 0 aliphatic carbocycles. The van der Waals surface area contributed by atoms with Gasteiger partial charge in [0.2, 0.25) is 0 Å². The van der Waals surface area contributed by atoms with E-state index in [0.717, 1.165) is 0 Å². The fourth-order valence-corrected chi connectivity index (χ4v) is 7.59. The maximum absolute atomic E-state index is 12.1. The number of hydrogen-bond donors (Lipinski definition) is 4. The molecule has 1 aromatic rings. The van der Waals surface area contributed by atoms with E-state index < -0.39 is 28.6 Å². The molecule has 0 unspecified atom stereocenters. The molecule has 0 bridgehead atoms. The standard InChI is InChI=1S/C13H20AsNO6S/c1-3-20-12(16)11(13(17)21-4-2)14(18,19,22)9-5-7-10(15)8-6-9/h5-8,11,18-19,22H,3-4,15H2,1-2H3. The van der Waals surface area contributed by atoms with Crippen LogP contribution in [0.3, 0.4) is 0 Å². The number of thiol groups is 1. The Labute approximate surface area is 134 Å². The van der Waals surface area contributed by atoms with Gasteiger partial charge in [-0.15, -0.1) is 0 Å². The van der Waals surface area contributed by atoms with Crippen LogP contribution in [0.5, 0.6) is 0 Å². The summed E-state index contributed by atoms with van der Waals surface area (Å²) in [6, 6.07) is 5.48. The molecule has 0 radical (unpaired) electrons. The summed E-state index contributed by atoms with van der Waals surface area (Å²) in [5, 5.41) is 0. The molecule has 0 amide bonds. The van der Waals surface area contributed by atoms with Gasteiger partial charge in [0.25, 0.3) is 0 Å². The first kappa shape index (κ1) is 18.8. The van der Waals surface area contributed by atoms with Crippen molar-refractivity contribution in [1.29, 1.82) is 0 Å². The average molecular weight is 393 g/mol. The Hall–Kier alpha value is -1.21. The number of nitrogen functional groups attached to an aromatic ring is 1. The quantitative estimate of drug-likeness (QED) is 0.173. The van der Waals surface area contributed by atoms with Crippen LogP contribution in [0.1, 0.15) is 13.8 Å². The summed E-state index contributed by atoms with van der Waals surface area (Å²) in [5.41, 5.74) is 5.94. The van der Waals surface area contributed by atoms with Gasteiger partial charge in [-0.2, -0.15) is 0 Å². The van der Waals surface area contributed by atoms with Crippen LogP contribution < -0.4 is 10.1 Å². The van der Waals surface area contributed by atoms with Crippen LogP contribution in [0, 0.1) is 0 Å². The van der Waals surface area contributed by atoms with Crippen LogP contribution in [0.15, 0.2) is 24.3 Å². The Morgan fingerprint density at radius 3 is 1.91 bits per heavy atom. The minimum absolute atomic E-state index is 0.0232. The van der Waals surface area contributed by atoms with E-state index in [9.17, 15) is 17.8 Å². The maximum atomic E-state index is 12.1. The summed E-state index contributed by atoms with van der Waals surface area (Å²) in [5.74, 6) is -2.16. The van der Waals surface area contributed by atoms with E-state index in [2.05, 4.69) is 10.9 Å². The Morgan fingerprint density at radius 1 is 1.14 bits per heavy atom. The van der Waals surface area contributed by atoms with E-state index in [-0.39, 0.29) is 17.6 Å². The molecule has 7 nitrogen and oxygen atoms in total. The molecule has 1 aromatic carbocycles. The summed E-state index contributed by atoms with van der Waals surface area (Å²) < 4.78 is 29.1. The van der Waals surface area contributed by atoms with E-state index in [0.29, 0.717) is 5.69 Å². The van der Waals surface area contributed by atoms with Crippen molar-refractivity contribution >= 4 is 44.8 Å². The Morgan fingerprint density at radius 2 is 1.55 bits per heavy atom. The zero-order chi connectivity index (χ0) is 17.0. The van der Waals surface area contributed by atoms with Crippen molar-refractivity contribution in [3.8, 4) is 0 Å². The van der Waals surface area contributed by atoms with Crippen molar-refractivity contribution in [2.75, 3.05) is 18.9 Å². The number of nitrogens with two attached hydrogens (primary N) is 1. The first-order valence-electron chi connectivity index (χ1n) is 6.58. The summed E-state index contributed by atoms with van der Waals surface area (Å²) in [6.07, 6.45) is 0. The van der Waals surface area contributed by atoms with Crippen molar-refractivity contribution in [2.24, 2.45) is 0 Å². The zero-order valence-electron chi connectivity index (χ0n) is 12.3. The molecule has 0 aliphatic rings. The SMILES string of the molecule is CCOC(=O)C(C(=O)OCC)[As](O)(O)(S)c1ccc(N)cc1. The molecule has 0 saturated carbocycles. The first-order chi connectivity index (χ1) is 10.1. The van der Waals surface area contributed by atoms with E-state index >= 15 is 0 Å². The third-order valence-corrected chi connectivity index (χ3v) is 10.9. The number of carbonyl (C=O) groups excluding carboxylic acids is 2. The Kier molecular flexibility index (Phi) is 5.92. The van der Waals surface area contributed by atoms with Crippen molar-refractivity contribution in [1.82, 2.24) is 0 Å². The van der Waals surface area contributed by atoms with E-state index in [1.165, 1.54) is 38.1 Å². The van der Waals surface area contributed by atoms with Gasteiger partial charge in [0, 0.05) is 0 Å². The first-order valence-corrected chi connectivity index (χ1v) is 13.2. The number of anilines is 1. The number of rotatable bonds is 6. The summed E-state index contributed by atoms with van der Waals surface area (Å²) in [4.78, 5) is 24.2. The Balaban J connectivity index is 3.38. The number of esters is 2. The van der Waals surface area contributed by atoms with Gasteiger partial charge < -0.3 is 0 Å². The second-order valence-electron chi connectivity index (χ2n) is 4.54. The van der Waals surface area contributed by atoms with Crippen LogP contribution in [-0.4, -0.2) is 45.3 Å². The molecule has 4 N–H and O–H groups in total. The molecule has 22 heavy (non-hydrogen) atoms. The van der Waals surface area contributed by atoms with Crippen molar-refractivity contribution < 1.29 is 27.3 Å². The van der Waals surface area contributed by atoms with Gasteiger partial charge in [0.1, 0.15) is 0 Å². The second-order valence-corrected chi connectivity index (χ2v) is 15.2. The van der Waals surface area contributed by atoms with Crippen molar-refractivity contribution in [3.63, 3.8) is 0 Å². The Bertz CT molecular complexity index is 536. The van der Waals surface area contributed by atoms with Gasteiger partial charge >= 0.3 is 134 Å². The van der Waals surface area contributed by atoms with Crippen molar-refractivity contribution in [3.05, 3.63) is 24.3 Å². The monoisotopic (exact) mass is 393 g/mol. The van der Waals surface area contributed by atoms with E-state index in [4.69, 9.17) is 15.2 Å². The predicted molar refractivity (Wildman–Crippen MR) is 86.7 cm³/mol. The van der Waals surface area contributed by atoms with Gasteiger partial charge in [-0.05, 0) is 0 Å². The molecule has 9 heteroatoms. The van der Waals surface area contributed by atoms with Crippen LogP contribution in [0.2, 0.25) is 4.71 Å². The number of carbonyl (C=O) groups is 2. The van der Waals surface area contributed by atoms with Gasteiger partial charge in [-0.1, -0.05) is 0 Å². The molecule has 0 aliphatic heterocycles. The fourth-order valence-electron chi connectivity index (χ4n) is 1.84. The van der Waals surface area contributed by atoms with Crippen LogP contribution in [0.25, 0.3) is 0 Å². The van der Waals surface area contributed by atoms with Crippen molar-refractivity contribution in [2.45, 2.75) is 18.6 Å². The number of hydrogen-bond acceptors (Lipinski definition) is 8.